The fourth-order valence-corrected chi connectivity index (χ4v) is 3.13. The lowest BCUT2D eigenvalue weighted by Crippen LogP contribution is -2.54. The molecular weight excluding hydrogens is 379 g/mol. The van der Waals surface area contributed by atoms with Crippen LogP contribution in [-0.2, 0) is 20.9 Å². The van der Waals surface area contributed by atoms with Gasteiger partial charge in [-0.1, -0.05) is 6.07 Å². The number of hydrogen-bond donors (Lipinski definition) is 1. The molecule has 1 N–H and O–H groups in total. The second kappa shape index (κ2) is 8.91. The first-order chi connectivity index (χ1) is 13.9. The van der Waals surface area contributed by atoms with Crippen LogP contribution in [-0.4, -0.2) is 50.2 Å². The van der Waals surface area contributed by atoms with Gasteiger partial charge in [-0.25, -0.2) is 4.39 Å². The molecule has 1 atom stereocenters. The Morgan fingerprint density at radius 1 is 1.24 bits per heavy atom. The minimum atomic E-state index is -0.856. The van der Waals surface area contributed by atoms with E-state index in [0.29, 0.717) is 22.7 Å². The summed E-state index contributed by atoms with van der Waals surface area (Å²) in [5.41, 5.74) is 1.80. The van der Waals surface area contributed by atoms with Gasteiger partial charge >= 0.3 is 0 Å². The minimum absolute atomic E-state index is 0.0460. The summed E-state index contributed by atoms with van der Waals surface area (Å²) in [4.78, 5) is 26.8. The number of ether oxygens (including phenoxy) is 3. The van der Waals surface area contributed by atoms with Crippen molar-refractivity contribution in [3.63, 3.8) is 0 Å². The van der Waals surface area contributed by atoms with Gasteiger partial charge in [0.05, 0.1) is 27.4 Å². The van der Waals surface area contributed by atoms with Gasteiger partial charge < -0.3 is 24.4 Å². The van der Waals surface area contributed by atoms with Crippen LogP contribution >= 0.6 is 0 Å². The molecule has 0 radical (unpaired) electrons. The van der Waals surface area contributed by atoms with Crippen LogP contribution in [0.1, 0.15) is 11.1 Å². The molecule has 2 aromatic rings. The summed E-state index contributed by atoms with van der Waals surface area (Å²) in [5, 5.41) is 2.70. The normalized spacial score (nSPS) is 16.5. The number of anilines is 1. The van der Waals surface area contributed by atoms with E-state index < -0.39 is 17.8 Å². The molecule has 29 heavy (non-hydrogen) atoms. The molecule has 7 nitrogen and oxygen atoms in total. The Morgan fingerprint density at radius 2 is 2.03 bits per heavy atom. The summed E-state index contributed by atoms with van der Waals surface area (Å²) in [6.07, 6.45) is 0. The SMILES string of the molecule is COc1ccc(CN2C(=O)COC[C@H]2C(=O)Nc2cc(F)ccc2C)c(OC)c1. The molecular formula is C21H23FN2O5. The smallest absolute Gasteiger partial charge is 0.249 e. The second-order valence-electron chi connectivity index (χ2n) is 6.68. The Balaban J connectivity index is 1.83. The van der Waals surface area contributed by atoms with E-state index in [1.165, 1.54) is 24.1 Å². The van der Waals surface area contributed by atoms with Crippen molar-refractivity contribution in [3.05, 3.63) is 53.3 Å². The van der Waals surface area contributed by atoms with Crippen LogP contribution in [0.3, 0.4) is 0 Å². The second-order valence-corrected chi connectivity index (χ2v) is 6.68. The average molecular weight is 402 g/mol. The van der Waals surface area contributed by atoms with Gasteiger partial charge in [-0.3, -0.25) is 9.59 Å². The first-order valence-electron chi connectivity index (χ1n) is 9.08. The van der Waals surface area contributed by atoms with Crippen LogP contribution in [0.4, 0.5) is 10.1 Å². The van der Waals surface area contributed by atoms with Crippen molar-refractivity contribution in [2.75, 3.05) is 32.8 Å². The monoisotopic (exact) mass is 402 g/mol. The number of halogens is 1. The molecule has 154 valence electrons. The minimum Gasteiger partial charge on any atom is -0.497 e. The Morgan fingerprint density at radius 3 is 2.76 bits per heavy atom. The van der Waals surface area contributed by atoms with E-state index in [-0.39, 0.29) is 25.7 Å². The fraction of sp³-hybridized carbons (Fsp3) is 0.333. The van der Waals surface area contributed by atoms with Gasteiger partial charge in [-0.15, -0.1) is 0 Å². The first kappa shape index (κ1) is 20.6. The predicted octanol–water partition coefficient (Wildman–Crippen LogP) is 2.52. The number of morpholine rings is 1. The first-order valence-corrected chi connectivity index (χ1v) is 9.08. The van der Waals surface area contributed by atoms with Crippen LogP contribution < -0.4 is 14.8 Å². The van der Waals surface area contributed by atoms with Crippen molar-refractivity contribution in [1.29, 1.82) is 0 Å². The van der Waals surface area contributed by atoms with E-state index in [2.05, 4.69) is 5.32 Å². The number of rotatable bonds is 6. The van der Waals surface area contributed by atoms with Gasteiger partial charge in [0, 0.05) is 17.3 Å². The summed E-state index contributed by atoms with van der Waals surface area (Å²) < 4.78 is 29.4. The number of carbonyl (C=O) groups is 2. The summed E-state index contributed by atoms with van der Waals surface area (Å²) in [6, 6.07) is 8.54. The van der Waals surface area contributed by atoms with Gasteiger partial charge in [0.15, 0.2) is 0 Å². The Hall–Kier alpha value is -3.13. The average Bonchev–Trinajstić information content (AvgIpc) is 2.72. The molecule has 1 fully saturated rings. The number of nitrogens with zero attached hydrogens (tertiary/aromatic N) is 1. The molecule has 8 heteroatoms. The number of carbonyl (C=O) groups excluding carboxylic acids is 2. The summed E-state index contributed by atoms with van der Waals surface area (Å²) in [5.74, 6) is -0.0512. The summed E-state index contributed by atoms with van der Waals surface area (Å²) >= 11 is 0. The molecule has 0 spiro atoms. The van der Waals surface area contributed by atoms with Gasteiger partial charge in [-0.05, 0) is 36.8 Å². The van der Waals surface area contributed by atoms with Gasteiger partial charge in [-0.2, -0.15) is 0 Å². The third-order valence-electron chi connectivity index (χ3n) is 4.79. The zero-order valence-electron chi connectivity index (χ0n) is 16.5. The maximum absolute atomic E-state index is 13.5. The van der Waals surface area contributed by atoms with Crippen molar-refractivity contribution in [1.82, 2.24) is 4.90 Å². The highest BCUT2D eigenvalue weighted by Gasteiger charge is 2.34. The van der Waals surface area contributed by atoms with Crippen LogP contribution in [0.2, 0.25) is 0 Å². The number of aryl methyl sites for hydroxylation is 1. The number of benzene rings is 2. The molecule has 1 aliphatic heterocycles. The van der Waals surface area contributed by atoms with Gasteiger partial charge in [0.2, 0.25) is 11.8 Å². The fourth-order valence-electron chi connectivity index (χ4n) is 3.13. The summed E-state index contributed by atoms with van der Waals surface area (Å²) in [6.45, 7) is 1.86. The standard InChI is InChI=1S/C21H23FN2O5/c1-13-4-6-15(22)8-17(13)23-21(26)18-11-29-12-20(25)24(18)10-14-5-7-16(27-2)9-19(14)28-3/h4-9,18H,10-12H2,1-3H3,(H,23,26)/t18-/m0/s1. The van der Waals surface area contributed by atoms with E-state index in [1.54, 1.807) is 38.3 Å². The topological polar surface area (TPSA) is 77.1 Å². The Bertz CT molecular complexity index is 918. The van der Waals surface area contributed by atoms with E-state index >= 15 is 0 Å². The van der Waals surface area contributed by atoms with Crippen LogP contribution in [0.25, 0.3) is 0 Å². The quantitative estimate of drug-likeness (QED) is 0.804. The van der Waals surface area contributed by atoms with Crippen molar-refractivity contribution in [2.24, 2.45) is 0 Å². The van der Waals surface area contributed by atoms with Gasteiger partial charge in [0.1, 0.15) is 30.0 Å². The largest absolute Gasteiger partial charge is 0.497 e. The molecule has 2 aromatic carbocycles. The van der Waals surface area contributed by atoms with Crippen molar-refractivity contribution in [2.45, 2.75) is 19.5 Å². The molecule has 0 aromatic heterocycles. The molecule has 1 aliphatic rings. The van der Waals surface area contributed by atoms with E-state index in [9.17, 15) is 14.0 Å². The van der Waals surface area contributed by atoms with Crippen molar-refractivity contribution < 1.29 is 28.2 Å². The van der Waals surface area contributed by atoms with Crippen LogP contribution in [0.5, 0.6) is 11.5 Å². The van der Waals surface area contributed by atoms with E-state index in [1.807, 2.05) is 0 Å². The maximum Gasteiger partial charge on any atom is 0.249 e. The number of hydrogen-bond acceptors (Lipinski definition) is 5. The lowest BCUT2D eigenvalue weighted by molar-refractivity contribution is -0.154. The van der Waals surface area contributed by atoms with E-state index in [4.69, 9.17) is 14.2 Å². The highest BCUT2D eigenvalue weighted by molar-refractivity contribution is 5.98. The van der Waals surface area contributed by atoms with Gasteiger partial charge in [0.25, 0.3) is 0 Å². The lowest BCUT2D eigenvalue weighted by atomic mass is 10.1. The Labute approximate surface area is 168 Å². The predicted molar refractivity (Wildman–Crippen MR) is 104 cm³/mol. The lowest BCUT2D eigenvalue weighted by Gasteiger charge is -2.35. The molecule has 0 saturated carbocycles. The molecule has 1 saturated heterocycles. The molecule has 3 rings (SSSR count). The molecule has 0 bridgehead atoms. The molecule has 1 heterocycles. The van der Waals surface area contributed by atoms with Crippen LogP contribution in [0.15, 0.2) is 36.4 Å². The summed E-state index contributed by atoms with van der Waals surface area (Å²) in [7, 11) is 3.07. The maximum atomic E-state index is 13.5. The third-order valence-corrected chi connectivity index (χ3v) is 4.79. The van der Waals surface area contributed by atoms with E-state index in [0.717, 1.165) is 5.56 Å². The highest BCUT2D eigenvalue weighted by Crippen LogP contribution is 2.27. The molecule has 0 aliphatic carbocycles. The zero-order chi connectivity index (χ0) is 21.0. The van der Waals surface area contributed by atoms with Crippen molar-refractivity contribution in [3.8, 4) is 11.5 Å². The third kappa shape index (κ3) is 4.65. The van der Waals surface area contributed by atoms with Crippen LogP contribution in [0, 0.1) is 12.7 Å². The highest BCUT2D eigenvalue weighted by atomic mass is 19.1. The zero-order valence-corrected chi connectivity index (χ0v) is 16.5. The number of nitrogens with one attached hydrogen (secondary N) is 1. The number of amides is 2. The number of methoxy groups -OCH3 is 2. The Kier molecular flexibility index (Phi) is 6.33. The molecule has 2 amide bonds. The van der Waals surface area contributed by atoms with Crippen molar-refractivity contribution >= 4 is 17.5 Å². The molecule has 0 unspecified atom stereocenters.